The summed E-state index contributed by atoms with van der Waals surface area (Å²) in [5.74, 6) is 0.550. The molecule has 5 rings (SSSR count). The number of aryl methyl sites for hydroxylation is 4. The average Bonchev–Trinajstić information content (AvgIpc) is 3.31. The Morgan fingerprint density at radius 3 is 2.36 bits per heavy atom. The summed E-state index contributed by atoms with van der Waals surface area (Å²) >= 11 is 0. The molecule has 0 unspecified atom stereocenters. The van der Waals surface area contributed by atoms with Crippen molar-refractivity contribution in [1.82, 2.24) is 24.1 Å². The molecule has 10 nitrogen and oxygen atoms in total. The van der Waals surface area contributed by atoms with Crippen molar-refractivity contribution >= 4 is 20.7 Å². The number of fused-ring (bicyclic) bond motifs is 1. The lowest BCUT2D eigenvalue weighted by molar-refractivity contribution is 0.391. The van der Waals surface area contributed by atoms with Gasteiger partial charge in [0.05, 0.1) is 51.7 Å². The first kappa shape index (κ1) is 24.2. The fourth-order valence-corrected chi connectivity index (χ4v) is 6.59. The van der Waals surface area contributed by atoms with Gasteiger partial charge < -0.3 is 4.52 Å². The molecule has 0 N–H and O–H groups in total. The van der Waals surface area contributed by atoms with E-state index in [9.17, 15) is 18.0 Å². The van der Waals surface area contributed by atoms with Gasteiger partial charge in [0.25, 0.3) is 5.56 Å². The third-order valence-corrected chi connectivity index (χ3v) is 9.16. The fraction of sp³-hybridized carbons (Fsp3) is 0.440. The first-order valence-corrected chi connectivity index (χ1v) is 13.5. The van der Waals surface area contributed by atoms with E-state index in [1.165, 1.54) is 16.7 Å². The van der Waals surface area contributed by atoms with Crippen molar-refractivity contribution < 1.29 is 12.9 Å². The van der Waals surface area contributed by atoms with Crippen molar-refractivity contribution in [2.45, 2.75) is 58.5 Å². The molecule has 11 heteroatoms. The van der Waals surface area contributed by atoms with E-state index < -0.39 is 21.1 Å². The maximum absolute atomic E-state index is 13.7. The number of nitrogens with zero attached hydrogens (tertiary/aromatic N) is 5. The Hall–Kier alpha value is -3.47. The van der Waals surface area contributed by atoms with Gasteiger partial charge in [0, 0.05) is 12.6 Å². The van der Waals surface area contributed by atoms with E-state index >= 15 is 0 Å². The molecule has 1 aromatic carbocycles. The van der Waals surface area contributed by atoms with Gasteiger partial charge in [-0.25, -0.2) is 13.2 Å². The molecule has 1 aliphatic carbocycles. The molecule has 0 amide bonds. The van der Waals surface area contributed by atoms with Crippen molar-refractivity contribution in [2.24, 2.45) is 12.5 Å². The van der Waals surface area contributed by atoms with Crippen LogP contribution in [0, 0.1) is 26.2 Å². The molecule has 36 heavy (non-hydrogen) atoms. The molecular formula is C25H29N5O5S. The van der Waals surface area contributed by atoms with Crippen LogP contribution in [0.4, 0.5) is 0 Å². The Labute approximate surface area is 208 Å². The summed E-state index contributed by atoms with van der Waals surface area (Å²) in [6.07, 6.45) is 1.74. The molecule has 3 aromatic heterocycles. The molecule has 4 aromatic rings. The van der Waals surface area contributed by atoms with Crippen molar-refractivity contribution in [1.29, 1.82) is 0 Å². The van der Waals surface area contributed by atoms with Crippen molar-refractivity contribution in [2.75, 3.05) is 5.75 Å². The van der Waals surface area contributed by atoms with Crippen molar-refractivity contribution in [3.8, 4) is 0 Å². The number of aromatic nitrogens is 5. The van der Waals surface area contributed by atoms with Crippen LogP contribution in [0.3, 0.4) is 0 Å². The maximum Gasteiger partial charge on any atom is 0.332 e. The van der Waals surface area contributed by atoms with E-state index in [0.717, 1.165) is 28.8 Å². The Balaban J connectivity index is 1.73. The Morgan fingerprint density at radius 1 is 1.06 bits per heavy atom. The van der Waals surface area contributed by atoms with E-state index in [1.807, 2.05) is 19.9 Å². The predicted octanol–water partition coefficient (Wildman–Crippen LogP) is 2.48. The van der Waals surface area contributed by atoms with E-state index in [2.05, 4.69) is 10.3 Å². The van der Waals surface area contributed by atoms with Gasteiger partial charge in [-0.15, -0.1) is 0 Å². The Bertz CT molecular complexity index is 1720. The molecular weight excluding hydrogens is 482 g/mol. The summed E-state index contributed by atoms with van der Waals surface area (Å²) in [5, 5.41) is 8.46. The van der Waals surface area contributed by atoms with Crippen LogP contribution in [-0.2, 0) is 30.0 Å². The normalized spacial score (nSPS) is 15.0. The van der Waals surface area contributed by atoms with Gasteiger partial charge in [-0.2, -0.15) is 5.10 Å². The van der Waals surface area contributed by atoms with Crippen LogP contribution in [0.2, 0.25) is 0 Å². The zero-order valence-electron chi connectivity index (χ0n) is 21.0. The first-order chi connectivity index (χ1) is 16.9. The molecule has 0 bridgehead atoms. The van der Waals surface area contributed by atoms with Gasteiger partial charge >= 0.3 is 5.69 Å². The summed E-state index contributed by atoms with van der Waals surface area (Å²) in [6, 6.07) is 6.33. The van der Waals surface area contributed by atoms with Crippen LogP contribution < -0.4 is 11.2 Å². The number of benzene rings is 1. The topological polar surface area (TPSA) is 122 Å². The molecule has 0 radical (unpaired) electrons. The Morgan fingerprint density at radius 2 is 1.78 bits per heavy atom. The molecule has 1 fully saturated rings. The van der Waals surface area contributed by atoms with Crippen LogP contribution in [0.5, 0.6) is 0 Å². The molecule has 0 atom stereocenters. The summed E-state index contributed by atoms with van der Waals surface area (Å²) in [4.78, 5) is 27.4. The smallest absolute Gasteiger partial charge is 0.332 e. The largest absolute Gasteiger partial charge is 0.361 e. The van der Waals surface area contributed by atoms with E-state index in [1.54, 1.807) is 31.6 Å². The predicted molar refractivity (Wildman–Crippen MR) is 134 cm³/mol. The van der Waals surface area contributed by atoms with Crippen LogP contribution in [0.25, 0.3) is 10.9 Å². The maximum atomic E-state index is 13.7. The van der Waals surface area contributed by atoms with Gasteiger partial charge in [-0.05, 0) is 63.3 Å². The van der Waals surface area contributed by atoms with Crippen LogP contribution in [0.15, 0.2) is 43.3 Å². The number of hydrogen-bond donors (Lipinski definition) is 0. The molecule has 0 aliphatic heterocycles. The zero-order valence-corrected chi connectivity index (χ0v) is 21.8. The quantitative estimate of drug-likeness (QED) is 0.374. The number of sulfone groups is 1. The standard InChI is InChI=1S/C25H29N5O5S/c1-15-10-18(28(5)26-15)12-29-22-7-6-19(36(33,34)14-25(4)8-9-25)11-20(22)23(31)30(24(29)32)13-21-16(2)27-35-17(21)3/h6-7,10-11H,8-9,12-14H2,1-5H3. The lowest BCUT2D eigenvalue weighted by Gasteiger charge is -2.16. The molecule has 1 saturated carbocycles. The summed E-state index contributed by atoms with van der Waals surface area (Å²) in [5.41, 5.74) is 1.90. The van der Waals surface area contributed by atoms with Gasteiger partial charge in [0.2, 0.25) is 0 Å². The second-order valence-electron chi connectivity index (χ2n) is 10.2. The van der Waals surface area contributed by atoms with Gasteiger partial charge in [-0.3, -0.25) is 18.6 Å². The summed E-state index contributed by atoms with van der Waals surface area (Å²) in [6.45, 7) is 7.42. The number of rotatable bonds is 7. The van der Waals surface area contributed by atoms with Crippen LogP contribution >= 0.6 is 0 Å². The van der Waals surface area contributed by atoms with Crippen LogP contribution in [0.1, 0.15) is 48.2 Å². The Kier molecular flexibility index (Phi) is 5.58. The molecule has 0 saturated heterocycles. The lowest BCUT2D eigenvalue weighted by Crippen LogP contribution is -2.41. The van der Waals surface area contributed by atoms with Crippen molar-refractivity contribution in [3.05, 3.63) is 73.5 Å². The summed E-state index contributed by atoms with van der Waals surface area (Å²) < 4.78 is 35.8. The SMILES string of the molecule is Cc1cc(Cn2c(=O)n(Cc3c(C)noc3C)c(=O)c3cc(S(=O)(=O)CC4(C)CC4)ccc32)n(C)n1. The van der Waals surface area contributed by atoms with Crippen LogP contribution in [-0.4, -0.2) is 38.2 Å². The minimum absolute atomic E-state index is 0.0335. The third-order valence-electron chi connectivity index (χ3n) is 7.11. The second-order valence-corrected chi connectivity index (χ2v) is 12.2. The first-order valence-electron chi connectivity index (χ1n) is 11.8. The second kappa shape index (κ2) is 8.29. The van der Waals surface area contributed by atoms with Gasteiger partial charge in [-0.1, -0.05) is 12.1 Å². The molecule has 1 aliphatic rings. The fourth-order valence-electron chi connectivity index (χ4n) is 4.65. The molecule has 3 heterocycles. The highest BCUT2D eigenvalue weighted by molar-refractivity contribution is 7.91. The zero-order chi connectivity index (χ0) is 26.0. The van der Waals surface area contributed by atoms with E-state index in [-0.39, 0.29) is 34.5 Å². The highest BCUT2D eigenvalue weighted by Gasteiger charge is 2.41. The van der Waals surface area contributed by atoms with E-state index in [4.69, 9.17) is 4.52 Å². The minimum Gasteiger partial charge on any atom is -0.361 e. The average molecular weight is 512 g/mol. The molecule has 0 spiro atoms. The monoisotopic (exact) mass is 511 g/mol. The summed E-state index contributed by atoms with van der Waals surface area (Å²) in [7, 11) is -1.81. The highest BCUT2D eigenvalue weighted by Crippen LogP contribution is 2.46. The van der Waals surface area contributed by atoms with Crippen molar-refractivity contribution in [3.63, 3.8) is 0 Å². The van der Waals surface area contributed by atoms with Gasteiger partial charge in [0.1, 0.15) is 5.76 Å². The lowest BCUT2D eigenvalue weighted by atomic mass is 10.2. The highest BCUT2D eigenvalue weighted by atomic mass is 32.2. The third kappa shape index (κ3) is 4.21. The van der Waals surface area contributed by atoms with Gasteiger partial charge in [0.15, 0.2) is 9.84 Å². The van der Waals surface area contributed by atoms with E-state index in [0.29, 0.717) is 22.5 Å². The number of hydrogen-bond acceptors (Lipinski definition) is 7. The molecule has 190 valence electrons. The minimum atomic E-state index is -3.60.